The molecule has 5 N–H and O–H groups in total. The molecule has 8 nitrogen and oxygen atoms in total. The smallest absolute Gasteiger partial charge is 0.326 e. The average Bonchev–Trinajstić information content (AvgIpc) is 2.61. The molecule has 0 spiro atoms. The van der Waals surface area contributed by atoms with Gasteiger partial charge in [0, 0.05) is 12.0 Å². The van der Waals surface area contributed by atoms with Gasteiger partial charge in [-0.05, 0) is 37.0 Å². The van der Waals surface area contributed by atoms with Crippen LogP contribution in [0.4, 0.5) is 0 Å². The number of hydrogen-bond acceptors (Lipinski definition) is 5. The van der Waals surface area contributed by atoms with Crippen molar-refractivity contribution < 1.29 is 24.3 Å². The van der Waals surface area contributed by atoms with Crippen LogP contribution in [0.2, 0.25) is 0 Å². The Bertz CT molecular complexity index is 639. The number of benzene rings is 1. The van der Waals surface area contributed by atoms with Crippen molar-refractivity contribution in [2.24, 2.45) is 5.73 Å². The van der Waals surface area contributed by atoms with Crippen LogP contribution >= 0.6 is 11.8 Å². The topological polar surface area (TPSA) is 139 Å². The molecule has 26 heavy (non-hydrogen) atoms. The first kappa shape index (κ1) is 21.5. The number of carboxylic acids is 1. The highest BCUT2D eigenvalue weighted by Crippen LogP contribution is 2.06. The first-order valence-corrected chi connectivity index (χ1v) is 9.40. The molecule has 2 atom stereocenters. The van der Waals surface area contributed by atoms with Crippen LogP contribution in [0, 0.1) is 0 Å². The summed E-state index contributed by atoms with van der Waals surface area (Å²) in [6.07, 6.45) is 1.93. The SMILES string of the molecule is CSCCC(NC(=O)c1ccccc1)C(=O)N[C@@H](CCC(N)=O)C(=O)O. The molecule has 0 aliphatic carbocycles. The van der Waals surface area contributed by atoms with Gasteiger partial charge in [0.25, 0.3) is 5.91 Å². The molecule has 1 aromatic rings. The van der Waals surface area contributed by atoms with Gasteiger partial charge in [0.05, 0.1) is 0 Å². The Kier molecular flexibility index (Phi) is 9.21. The van der Waals surface area contributed by atoms with Crippen molar-refractivity contribution in [3.05, 3.63) is 35.9 Å². The third kappa shape index (κ3) is 7.56. The van der Waals surface area contributed by atoms with Gasteiger partial charge in [-0.15, -0.1) is 0 Å². The quantitative estimate of drug-likeness (QED) is 0.437. The lowest BCUT2D eigenvalue weighted by Crippen LogP contribution is -2.52. The monoisotopic (exact) mass is 381 g/mol. The molecule has 0 saturated carbocycles. The minimum atomic E-state index is -1.27. The number of rotatable bonds is 11. The lowest BCUT2D eigenvalue weighted by Gasteiger charge is -2.21. The molecule has 0 aromatic heterocycles. The fraction of sp³-hybridized carbons (Fsp3) is 0.412. The van der Waals surface area contributed by atoms with Crippen LogP contribution in [0.3, 0.4) is 0 Å². The molecular weight excluding hydrogens is 358 g/mol. The van der Waals surface area contributed by atoms with Gasteiger partial charge in [-0.3, -0.25) is 14.4 Å². The van der Waals surface area contributed by atoms with Crippen molar-refractivity contribution in [3.63, 3.8) is 0 Å². The van der Waals surface area contributed by atoms with E-state index in [0.717, 1.165) is 0 Å². The van der Waals surface area contributed by atoms with E-state index in [4.69, 9.17) is 5.73 Å². The van der Waals surface area contributed by atoms with Gasteiger partial charge in [-0.25, -0.2) is 4.79 Å². The highest BCUT2D eigenvalue weighted by Gasteiger charge is 2.26. The number of aliphatic carboxylic acids is 1. The van der Waals surface area contributed by atoms with Crippen molar-refractivity contribution in [3.8, 4) is 0 Å². The summed E-state index contributed by atoms with van der Waals surface area (Å²) in [7, 11) is 0. The fourth-order valence-electron chi connectivity index (χ4n) is 2.15. The number of nitrogens with two attached hydrogens (primary N) is 1. The second kappa shape index (κ2) is 11.1. The molecule has 1 unspecified atom stereocenters. The first-order chi connectivity index (χ1) is 12.3. The molecule has 0 fully saturated rings. The largest absolute Gasteiger partial charge is 0.480 e. The summed E-state index contributed by atoms with van der Waals surface area (Å²) in [5.74, 6) is -2.35. The molecule has 0 bridgehead atoms. The van der Waals surface area contributed by atoms with E-state index < -0.39 is 35.8 Å². The summed E-state index contributed by atoms with van der Waals surface area (Å²) in [5, 5.41) is 14.2. The highest BCUT2D eigenvalue weighted by atomic mass is 32.2. The van der Waals surface area contributed by atoms with Gasteiger partial charge < -0.3 is 21.5 Å². The maximum absolute atomic E-state index is 12.5. The molecular formula is C17H23N3O5S. The van der Waals surface area contributed by atoms with E-state index in [1.54, 1.807) is 30.3 Å². The van der Waals surface area contributed by atoms with E-state index in [1.165, 1.54) is 11.8 Å². The maximum atomic E-state index is 12.5. The van der Waals surface area contributed by atoms with E-state index in [0.29, 0.717) is 17.7 Å². The average molecular weight is 381 g/mol. The number of carboxylic acid groups (broad SMARTS) is 1. The number of thioether (sulfide) groups is 1. The Labute approximate surface area is 155 Å². The highest BCUT2D eigenvalue weighted by molar-refractivity contribution is 7.98. The van der Waals surface area contributed by atoms with Crippen molar-refractivity contribution >= 4 is 35.5 Å². The predicted molar refractivity (Wildman–Crippen MR) is 98.7 cm³/mol. The predicted octanol–water partition coefficient (Wildman–Crippen LogP) is 0.373. The van der Waals surface area contributed by atoms with E-state index >= 15 is 0 Å². The number of hydrogen-bond donors (Lipinski definition) is 4. The molecule has 0 radical (unpaired) electrons. The lowest BCUT2D eigenvalue weighted by atomic mass is 10.1. The van der Waals surface area contributed by atoms with Crippen LogP contribution in [0.1, 0.15) is 29.6 Å². The van der Waals surface area contributed by atoms with Crippen molar-refractivity contribution in [2.45, 2.75) is 31.3 Å². The molecule has 0 saturated heterocycles. The number of amides is 3. The van der Waals surface area contributed by atoms with Gasteiger partial charge in [0.15, 0.2) is 0 Å². The molecule has 1 rings (SSSR count). The van der Waals surface area contributed by atoms with E-state index in [1.807, 2.05) is 6.26 Å². The Balaban J connectivity index is 2.79. The summed E-state index contributed by atoms with van der Waals surface area (Å²) in [4.78, 5) is 46.9. The molecule has 0 aliphatic rings. The summed E-state index contributed by atoms with van der Waals surface area (Å²) in [5.41, 5.74) is 5.42. The molecule has 0 aliphatic heterocycles. The second-order valence-electron chi connectivity index (χ2n) is 5.58. The van der Waals surface area contributed by atoms with Gasteiger partial charge in [-0.2, -0.15) is 11.8 Å². The number of carbonyl (C=O) groups is 4. The summed E-state index contributed by atoms with van der Waals surface area (Å²) >= 11 is 1.50. The molecule has 0 heterocycles. The summed E-state index contributed by atoms with van der Waals surface area (Å²) in [6, 6.07) is 6.28. The Morgan fingerprint density at radius 3 is 2.27 bits per heavy atom. The van der Waals surface area contributed by atoms with Crippen molar-refractivity contribution in [1.29, 1.82) is 0 Å². The van der Waals surface area contributed by atoms with Crippen LogP contribution in [-0.4, -0.2) is 52.9 Å². The third-order valence-corrected chi connectivity index (χ3v) is 4.21. The Morgan fingerprint density at radius 2 is 1.73 bits per heavy atom. The van der Waals surface area contributed by atoms with Crippen LogP contribution in [-0.2, 0) is 14.4 Å². The maximum Gasteiger partial charge on any atom is 0.326 e. The Hall–Kier alpha value is -2.55. The fourth-order valence-corrected chi connectivity index (χ4v) is 2.62. The number of nitrogens with one attached hydrogen (secondary N) is 2. The minimum absolute atomic E-state index is 0.113. The first-order valence-electron chi connectivity index (χ1n) is 8.01. The van der Waals surface area contributed by atoms with Crippen LogP contribution in [0.15, 0.2) is 30.3 Å². The zero-order valence-corrected chi connectivity index (χ0v) is 15.3. The molecule has 142 valence electrons. The van der Waals surface area contributed by atoms with Crippen molar-refractivity contribution in [2.75, 3.05) is 12.0 Å². The third-order valence-electron chi connectivity index (χ3n) is 3.56. The van der Waals surface area contributed by atoms with E-state index in [-0.39, 0.29) is 12.8 Å². The second-order valence-corrected chi connectivity index (χ2v) is 6.56. The summed E-state index contributed by atoms with van der Waals surface area (Å²) < 4.78 is 0. The molecule has 1 aromatic carbocycles. The zero-order chi connectivity index (χ0) is 19.5. The standard InChI is InChI=1S/C17H23N3O5S/c1-26-10-9-12(19-15(22)11-5-3-2-4-6-11)16(23)20-13(17(24)25)7-8-14(18)21/h2-6,12-13H,7-10H2,1H3,(H2,18,21)(H,19,22)(H,20,23)(H,24,25)/t12?,13-/m0/s1. The van der Waals surface area contributed by atoms with Gasteiger partial charge in [0.2, 0.25) is 11.8 Å². The van der Waals surface area contributed by atoms with E-state index in [9.17, 15) is 24.3 Å². The number of primary amides is 1. The number of carbonyl (C=O) groups excluding carboxylic acids is 3. The lowest BCUT2D eigenvalue weighted by molar-refractivity contribution is -0.142. The normalized spacial score (nSPS) is 12.7. The minimum Gasteiger partial charge on any atom is -0.480 e. The van der Waals surface area contributed by atoms with Crippen LogP contribution in [0.5, 0.6) is 0 Å². The Morgan fingerprint density at radius 1 is 1.08 bits per heavy atom. The van der Waals surface area contributed by atoms with E-state index in [2.05, 4.69) is 10.6 Å². The molecule has 3 amide bonds. The van der Waals surface area contributed by atoms with Crippen LogP contribution in [0.25, 0.3) is 0 Å². The van der Waals surface area contributed by atoms with Gasteiger partial charge in [-0.1, -0.05) is 18.2 Å². The summed E-state index contributed by atoms with van der Waals surface area (Å²) in [6.45, 7) is 0. The van der Waals surface area contributed by atoms with Crippen LogP contribution < -0.4 is 16.4 Å². The van der Waals surface area contributed by atoms with Gasteiger partial charge >= 0.3 is 5.97 Å². The zero-order valence-electron chi connectivity index (χ0n) is 14.4. The van der Waals surface area contributed by atoms with Gasteiger partial charge in [0.1, 0.15) is 12.1 Å². The van der Waals surface area contributed by atoms with Crippen molar-refractivity contribution in [1.82, 2.24) is 10.6 Å². The molecule has 9 heteroatoms.